The van der Waals surface area contributed by atoms with Gasteiger partial charge in [0.05, 0.1) is 4.92 Å². The number of thiocarbonyl (C=S) groups is 1. The summed E-state index contributed by atoms with van der Waals surface area (Å²) in [6.07, 6.45) is 5.47. The summed E-state index contributed by atoms with van der Waals surface area (Å²) >= 11 is 5.36. The van der Waals surface area contributed by atoms with Crippen LogP contribution in [0.2, 0.25) is 0 Å². The normalized spacial score (nSPS) is 27.4. The third kappa shape index (κ3) is 3.21. The van der Waals surface area contributed by atoms with E-state index in [0.29, 0.717) is 11.2 Å². The first kappa shape index (κ1) is 15.2. The average Bonchev–Trinajstić information content (AvgIpc) is 3.10. The van der Waals surface area contributed by atoms with Crippen LogP contribution in [0.25, 0.3) is 0 Å². The summed E-state index contributed by atoms with van der Waals surface area (Å²) in [5, 5.41) is 17.7. The van der Waals surface area contributed by atoms with Crippen LogP contribution in [0.1, 0.15) is 32.6 Å². The molecule has 22 heavy (non-hydrogen) atoms. The quantitative estimate of drug-likeness (QED) is 0.503. The number of anilines is 1. The molecule has 118 valence electrons. The molecule has 0 aliphatic heterocycles. The fraction of sp³-hybridized carbons (Fsp3) is 0.562. The van der Waals surface area contributed by atoms with Gasteiger partial charge in [-0.1, -0.05) is 6.42 Å². The number of hydrogen-bond acceptors (Lipinski definition) is 3. The molecule has 2 fully saturated rings. The summed E-state index contributed by atoms with van der Waals surface area (Å²) in [4.78, 5) is 10.2. The minimum absolute atomic E-state index is 0.0831. The Balaban J connectivity index is 1.52. The number of rotatable bonds is 4. The van der Waals surface area contributed by atoms with Crippen LogP contribution in [0.15, 0.2) is 24.3 Å². The molecular formula is C16H21N3O2S. The van der Waals surface area contributed by atoms with E-state index >= 15 is 0 Å². The van der Waals surface area contributed by atoms with Crippen LogP contribution in [-0.2, 0) is 0 Å². The molecule has 0 saturated heterocycles. The van der Waals surface area contributed by atoms with Gasteiger partial charge in [0.2, 0.25) is 0 Å². The summed E-state index contributed by atoms with van der Waals surface area (Å²) in [6, 6.07) is 6.67. The molecule has 2 aliphatic carbocycles. The highest BCUT2D eigenvalue weighted by molar-refractivity contribution is 7.80. The van der Waals surface area contributed by atoms with Crippen LogP contribution in [0.4, 0.5) is 11.4 Å². The molecule has 6 heteroatoms. The van der Waals surface area contributed by atoms with E-state index in [1.165, 1.54) is 37.8 Å². The maximum Gasteiger partial charge on any atom is 0.269 e. The highest BCUT2D eigenvalue weighted by atomic mass is 32.1. The van der Waals surface area contributed by atoms with Crippen molar-refractivity contribution in [2.24, 2.45) is 17.8 Å². The van der Waals surface area contributed by atoms with Crippen LogP contribution in [0.3, 0.4) is 0 Å². The molecule has 1 aromatic rings. The van der Waals surface area contributed by atoms with E-state index in [1.54, 1.807) is 12.1 Å². The number of nitrogens with zero attached hydrogens (tertiary/aromatic N) is 1. The molecule has 0 aromatic heterocycles. The predicted octanol–water partition coefficient (Wildman–Crippen LogP) is 3.71. The van der Waals surface area contributed by atoms with Gasteiger partial charge in [-0.15, -0.1) is 0 Å². The van der Waals surface area contributed by atoms with Crippen molar-refractivity contribution in [3.05, 3.63) is 34.4 Å². The lowest BCUT2D eigenvalue weighted by atomic mass is 9.84. The van der Waals surface area contributed by atoms with Gasteiger partial charge in [0, 0.05) is 23.9 Å². The number of non-ortho nitro benzene ring substituents is 1. The Labute approximate surface area is 135 Å². The molecule has 0 unspecified atom stereocenters. The zero-order valence-electron chi connectivity index (χ0n) is 12.6. The van der Waals surface area contributed by atoms with E-state index in [0.717, 1.165) is 23.4 Å². The van der Waals surface area contributed by atoms with Crippen LogP contribution in [0, 0.1) is 27.9 Å². The molecule has 2 saturated carbocycles. The molecule has 3 rings (SSSR count). The standard InChI is InChI=1S/C16H21N3O2S/c1-10(15-9-11-2-3-12(15)8-11)17-16(22)18-13-4-6-14(7-5-13)19(20)21/h4-7,10-12,15H,2-3,8-9H2,1H3,(H2,17,18,22)/t10-,11-,12-,15-/m0/s1. The number of nitro benzene ring substituents is 1. The van der Waals surface area contributed by atoms with Gasteiger partial charge in [0.25, 0.3) is 5.69 Å². The minimum Gasteiger partial charge on any atom is -0.360 e. The van der Waals surface area contributed by atoms with Gasteiger partial charge in [-0.25, -0.2) is 0 Å². The lowest BCUT2D eigenvalue weighted by Crippen LogP contribution is -2.42. The number of benzene rings is 1. The summed E-state index contributed by atoms with van der Waals surface area (Å²) in [5.41, 5.74) is 0.850. The van der Waals surface area contributed by atoms with Gasteiger partial charge in [0.1, 0.15) is 0 Å². The smallest absolute Gasteiger partial charge is 0.269 e. The van der Waals surface area contributed by atoms with Gasteiger partial charge >= 0.3 is 0 Å². The average molecular weight is 319 g/mol. The second-order valence-corrected chi connectivity index (χ2v) is 6.94. The fourth-order valence-corrected chi connectivity index (χ4v) is 4.36. The van der Waals surface area contributed by atoms with Gasteiger partial charge in [-0.3, -0.25) is 10.1 Å². The molecule has 2 N–H and O–H groups in total. The molecule has 0 amide bonds. The van der Waals surface area contributed by atoms with Crippen molar-refractivity contribution < 1.29 is 4.92 Å². The molecule has 0 spiro atoms. The number of nitrogens with one attached hydrogen (secondary N) is 2. The molecule has 2 aliphatic rings. The lowest BCUT2D eigenvalue weighted by Gasteiger charge is -2.29. The summed E-state index contributed by atoms with van der Waals surface area (Å²) in [7, 11) is 0. The third-order valence-electron chi connectivity index (χ3n) is 5.13. The number of nitro groups is 1. The summed E-state index contributed by atoms with van der Waals surface area (Å²) < 4.78 is 0. The highest BCUT2D eigenvalue weighted by Crippen LogP contribution is 2.49. The third-order valence-corrected chi connectivity index (χ3v) is 5.35. The molecule has 5 nitrogen and oxygen atoms in total. The summed E-state index contributed by atoms with van der Waals surface area (Å²) in [6.45, 7) is 2.20. The van der Waals surface area contributed by atoms with E-state index in [2.05, 4.69) is 17.6 Å². The molecule has 4 atom stereocenters. The van der Waals surface area contributed by atoms with E-state index in [1.807, 2.05) is 0 Å². The Bertz CT molecular complexity index is 575. The largest absolute Gasteiger partial charge is 0.360 e. The van der Waals surface area contributed by atoms with Crippen molar-refractivity contribution in [3.63, 3.8) is 0 Å². The number of hydrogen-bond donors (Lipinski definition) is 2. The first-order valence-electron chi connectivity index (χ1n) is 7.85. The maximum absolute atomic E-state index is 10.6. The van der Waals surface area contributed by atoms with Crippen molar-refractivity contribution in [2.75, 3.05) is 5.32 Å². The van der Waals surface area contributed by atoms with Crippen molar-refractivity contribution in [2.45, 2.75) is 38.6 Å². The van der Waals surface area contributed by atoms with E-state index in [-0.39, 0.29) is 5.69 Å². The Morgan fingerprint density at radius 2 is 2.05 bits per heavy atom. The van der Waals surface area contributed by atoms with Crippen LogP contribution in [-0.4, -0.2) is 16.1 Å². The molecule has 1 aromatic carbocycles. The van der Waals surface area contributed by atoms with Crippen molar-refractivity contribution in [1.29, 1.82) is 0 Å². The first-order chi connectivity index (χ1) is 10.5. The second-order valence-electron chi connectivity index (χ2n) is 6.53. The molecule has 2 bridgehead atoms. The Hall–Kier alpha value is -1.69. The lowest BCUT2D eigenvalue weighted by molar-refractivity contribution is -0.384. The monoisotopic (exact) mass is 319 g/mol. The minimum atomic E-state index is -0.405. The van der Waals surface area contributed by atoms with Gasteiger partial charge < -0.3 is 10.6 Å². The van der Waals surface area contributed by atoms with Crippen molar-refractivity contribution in [1.82, 2.24) is 5.32 Å². The van der Waals surface area contributed by atoms with Crippen LogP contribution in [0.5, 0.6) is 0 Å². The summed E-state index contributed by atoms with van der Waals surface area (Å²) in [5.74, 6) is 2.50. The van der Waals surface area contributed by atoms with E-state index in [4.69, 9.17) is 12.2 Å². The van der Waals surface area contributed by atoms with Gasteiger partial charge in [0.15, 0.2) is 5.11 Å². The molecule has 0 heterocycles. The van der Waals surface area contributed by atoms with Gasteiger partial charge in [-0.2, -0.15) is 0 Å². The number of fused-ring (bicyclic) bond motifs is 2. The SMILES string of the molecule is C[C@H](NC(=S)Nc1ccc([N+](=O)[O-])cc1)[C@@H]1C[C@H]2CC[C@H]1C2. The highest BCUT2D eigenvalue weighted by Gasteiger charge is 2.41. The Morgan fingerprint density at radius 3 is 2.59 bits per heavy atom. The van der Waals surface area contributed by atoms with E-state index in [9.17, 15) is 10.1 Å². The molecule has 0 radical (unpaired) electrons. The van der Waals surface area contributed by atoms with Crippen molar-refractivity contribution in [3.8, 4) is 0 Å². The Morgan fingerprint density at radius 1 is 1.32 bits per heavy atom. The topological polar surface area (TPSA) is 67.2 Å². The van der Waals surface area contributed by atoms with E-state index < -0.39 is 4.92 Å². The van der Waals surface area contributed by atoms with Gasteiger partial charge in [-0.05, 0) is 68.3 Å². The zero-order valence-corrected chi connectivity index (χ0v) is 13.4. The predicted molar refractivity (Wildman–Crippen MR) is 90.9 cm³/mol. The Kier molecular flexibility index (Phi) is 4.29. The maximum atomic E-state index is 10.6. The molecular weight excluding hydrogens is 298 g/mol. The second kappa shape index (κ2) is 6.20. The fourth-order valence-electron chi connectivity index (χ4n) is 4.05. The van der Waals surface area contributed by atoms with Crippen LogP contribution >= 0.6 is 12.2 Å². The zero-order chi connectivity index (χ0) is 15.7. The van der Waals surface area contributed by atoms with Crippen molar-refractivity contribution >= 4 is 28.7 Å². The first-order valence-corrected chi connectivity index (χ1v) is 8.25. The van der Waals surface area contributed by atoms with Crippen LogP contribution < -0.4 is 10.6 Å².